The summed E-state index contributed by atoms with van der Waals surface area (Å²) >= 11 is 0. The van der Waals surface area contributed by atoms with Gasteiger partial charge in [0.25, 0.3) is 0 Å². The van der Waals surface area contributed by atoms with Gasteiger partial charge in [-0.25, -0.2) is 0 Å². The molecule has 0 saturated heterocycles. The third kappa shape index (κ3) is 1.42. The second-order valence-corrected chi connectivity index (χ2v) is 6.39. The van der Waals surface area contributed by atoms with Crippen molar-refractivity contribution in [2.75, 3.05) is 0 Å². The zero-order valence-electron chi connectivity index (χ0n) is 10.7. The molecule has 3 atom stereocenters. The monoisotopic (exact) mass is 216 g/mol. The van der Waals surface area contributed by atoms with Gasteiger partial charge in [-0.2, -0.15) is 0 Å². The molecule has 16 heavy (non-hydrogen) atoms. The average molecular weight is 216 g/mol. The van der Waals surface area contributed by atoms with Gasteiger partial charge >= 0.3 is 0 Å². The topological polar surface area (TPSA) is 0 Å². The summed E-state index contributed by atoms with van der Waals surface area (Å²) in [5.74, 6) is 3.95. The Hall–Kier alpha value is -0.520. The van der Waals surface area contributed by atoms with Crippen molar-refractivity contribution >= 4 is 0 Å². The van der Waals surface area contributed by atoms with Gasteiger partial charge in [-0.05, 0) is 75.0 Å². The molecule has 0 radical (unpaired) electrons. The fourth-order valence-electron chi connectivity index (χ4n) is 5.28. The van der Waals surface area contributed by atoms with Gasteiger partial charge in [-0.3, -0.25) is 0 Å². The molecule has 0 nitrogen and oxygen atoms in total. The Bertz CT molecular complexity index is 309. The van der Waals surface area contributed by atoms with Crippen LogP contribution in [0.25, 0.3) is 0 Å². The van der Waals surface area contributed by atoms with E-state index in [0.717, 1.165) is 23.7 Å². The highest BCUT2D eigenvalue weighted by Gasteiger charge is 2.54. The quantitative estimate of drug-likeness (QED) is 0.593. The number of hydrogen-bond donors (Lipinski definition) is 0. The van der Waals surface area contributed by atoms with E-state index in [0.29, 0.717) is 5.41 Å². The minimum absolute atomic E-state index is 0.552. The molecular formula is C16H24. The first-order valence-electron chi connectivity index (χ1n) is 7.04. The molecule has 0 aromatic heterocycles. The van der Waals surface area contributed by atoms with Crippen molar-refractivity contribution in [3.05, 3.63) is 24.3 Å². The highest BCUT2D eigenvalue weighted by molar-refractivity contribution is 5.18. The van der Waals surface area contributed by atoms with Gasteiger partial charge in [0.05, 0.1) is 0 Å². The van der Waals surface area contributed by atoms with Crippen LogP contribution >= 0.6 is 0 Å². The van der Waals surface area contributed by atoms with E-state index in [-0.39, 0.29) is 0 Å². The molecule has 3 unspecified atom stereocenters. The maximum Gasteiger partial charge on any atom is -0.00477 e. The first-order valence-corrected chi connectivity index (χ1v) is 7.04. The molecule has 4 saturated carbocycles. The summed E-state index contributed by atoms with van der Waals surface area (Å²) in [4.78, 5) is 0. The average Bonchev–Trinajstić information content (AvgIpc) is 2.23. The van der Waals surface area contributed by atoms with E-state index < -0.39 is 0 Å². The highest BCUT2D eigenvalue weighted by Crippen LogP contribution is 2.63. The van der Waals surface area contributed by atoms with Crippen molar-refractivity contribution in [3.8, 4) is 0 Å². The summed E-state index contributed by atoms with van der Waals surface area (Å²) in [6.07, 6.45) is 17.2. The Morgan fingerprint density at radius 2 is 1.62 bits per heavy atom. The summed E-state index contributed by atoms with van der Waals surface area (Å²) in [5, 5.41) is 0. The van der Waals surface area contributed by atoms with Crippen molar-refractivity contribution in [2.45, 2.75) is 46.0 Å². The molecular weight excluding hydrogens is 192 g/mol. The van der Waals surface area contributed by atoms with Crippen molar-refractivity contribution in [1.82, 2.24) is 0 Å². The van der Waals surface area contributed by atoms with E-state index >= 15 is 0 Å². The second-order valence-electron chi connectivity index (χ2n) is 6.39. The zero-order chi connectivity index (χ0) is 11.2. The smallest absolute Gasteiger partial charge is 0.00477 e. The van der Waals surface area contributed by atoms with Crippen LogP contribution in [-0.4, -0.2) is 0 Å². The molecule has 0 aromatic carbocycles. The SMILES string of the molecule is C/C=C/C1C2CC3CC(C2)CC1(/C=C/C)C3. The van der Waals surface area contributed by atoms with E-state index in [4.69, 9.17) is 0 Å². The molecule has 0 aliphatic heterocycles. The molecule has 4 aliphatic carbocycles. The lowest BCUT2D eigenvalue weighted by molar-refractivity contribution is -0.0611. The Labute approximate surface area is 99.8 Å². The zero-order valence-corrected chi connectivity index (χ0v) is 10.7. The van der Waals surface area contributed by atoms with Gasteiger partial charge in [0.15, 0.2) is 0 Å². The Morgan fingerprint density at radius 1 is 0.938 bits per heavy atom. The van der Waals surface area contributed by atoms with Gasteiger partial charge in [0, 0.05) is 0 Å². The predicted molar refractivity (Wildman–Crippen MR) is 69.1 cm³/mol. The summed E-state index contributed by atoms with van der Waals surface area (Å²) < 4.78 is 0. The Balaban J connectivity index is 1.98. The van der Waals surface area contributed by atoms with Gasteiger partial charge < -0.3 is 0 Å². The van der Waals surface area contributed by atoms with Gasteiger partial charge in [0.1, 0.15) is 0 Å². The minimum atomic E-state index is 0.552. The molecule has 4 fully saturated rings. The van der Waals surface area contributed by atoms with Crippen molar-refractivity contribution in [2.24, 2.45) is 29.1 Å². The minimum Gasteiger partial charge on any atom is -0.0913 e. The fourth-order valence-corrected chi connectivity index (χ4v) is 5.28. The van der Waals surface area contributed by atoms with E-state index in [1.165, 1.54) is 25.7 Å². The summed E-state index contributed by atoms with van der Waals surface area (Å²) in [5.41, 5.74) is 0.552. The largest absolute Gasteiger partial charge is 0.0913 e. The molecule has 88 valence electrons. The van der Waals surface area contributed by atoms with Crippen molar-refractivity contribution in [3.63, 3.8) is 0 Å². The fraction of sp³-hybridized carbons (Fsp3) is 0.750. The number of rotatable bonds is 2. The lowest BCUT2D eigenvalue weighted by Gasteiger charge is -2.60. The molecule has 4 rings (SSSR count). The molecule has 0 heterocycles. The highest BCUT2D eigenvalue weighted by atomic mass is 14.6. The molecule has 4 aliphatic rings. The third-order valence-electron chi connectivity index (χ3n) is 5.35. The van der Waals surface area contributed by atoms with Gasteiger partial charge in [-0.15, -0.1) is 0 Å². The summed E-state index contributed by atoms with van der Waals surface area (Å²) in [6.45, 7) is 4.39. The van der Waals surface area contributed by atoms with Crippen LogP contribution in [0, 0.1) is 29.1 Å². The number of hydrogen-bond acceptors (Lipinski definition) is 0. The maximum atomic E-state index is 2.56. The maximum absolute atomic E-state index is 2.56. The first kappa shape index (κ1) is 10.6. The number of allylic oxidation sites excluding steroid dienone is 4. The normalized spacial score (nSPS) is 50.9. The molecule has 0 spiro atoms. The van der Waals surface area contributed by atoms with Crippen molar-refractivity contribution < 1.29 is 0 Å². The molecule has 4 bridgehead atoms. The van der Waals surface area contributed by atoms with Crippen LogP contribution in [0.4, 0.5) is 0 Å². The molecule has 0 amide bonds. The summed E-state index contributed by atoms with van der Waals surface area (Å²) in [7, 11) is 0. The van der Waals surface area contributed by atoms with E-state index in [1.807, 2.05) is 0 Å². The van der Waals surface area contributed by atoms with E-state index in [9.17, 15) is 0 Å². The molecule has 0 heteroatoms. The lowest BCUT2D eigenvalue weighted by Crippen LogP contribution is -2.51. The summed E-state index contributed by atoms with van der Waals surface area (Å²) in [6, 6.07) is 0. The van der Waals surface area contributed by atoms with Crippen LogP contribution in [0.3, 0.4) is 0 Å². The predicted octanol–water partition coefficient (Wildman–Crippen LogP) is 4.58. The standard InChI is InChI=1S/C16H24/c1-3-5-15-14-8-12-7-13(9-14)11-16(15,10-12)6-4-2/h3-6,12-15H,7-11H2,1-2H3/b5-3+,6-4+. The first-order chi connectivity index (χ1) is 7.77. The van der Waals surface area contributed by atoms with Crippen LogP contribution in [-0.2, 0) is 0 Å². The van der Waals surface area contributed by atoms with Crippen LogP contribution in [0.1, 0.15) is 46.0 Å². The third-order valence-corrected chi connectivity index (χ3v) is 5.35. The Kier molecular flexibility index (Phi) is 2.49. The van der Waals surface area contributed by atoms with Gasteiger partial charge in [-0.1, -0.05) is 24.3 Å². The lowest BCUT2D eigenvalue weighted by atomic mass is 9.45. The van der Waals surface area contributed by atoms with Crippen LogP contribution in [0.5, 0.6) is 0 Å². The van der Waals surface area contributed by atoms with E-state index in [2.05, 4.69) is 38.2 Å². The van der Waals surface area contributed by atoms with Crippen LogP contribution in [0.15, 0.2) is 24.3 Å². The molecule has 0 aromatic rings. The second kappa shape index (κ2) is 3.75. The molecule has 0 N–H and O–H groups in total. The van der Waals surface area contributed by atoms with Gasteiger partial charge in [0.2, 0.25) is 0 Å². The van der Waals surface area contributed by atoms with Crippen molar-refractivity contribution in [1.29, 1.82) is 0 Å². The Morgan fingerprint density at radius 3 is 2.19 bits per heavy atom. The van der Waals surface area contributed by atoms with Crippen LogP contribution < -0.4 is 0 Å². The van der Waals surface area contributed by atoms with Crippen LogP contribution in [0.2, 0.25) is 0 Å². The van der Waals surface area contributed by atoms with E-state index in [1.54, 1.807) is 6.42 Å².